The van der Waals surface area contributed by atoms with Crippen LogP contribution < -0.4 is 10.0 Å². The smallest absolute Gasteiger partial charge is 0.240 e. The molecule has 2 unspecified atom stereocenters. The molecule has 0 aromatic heterocycles. The molecule has 2 N–H and O–H groups in total. The molecule has 7 heteroatoms. The average molecular weight is 317 g/mol. The van der Waals surface area contributed by atoms with Crippen molar-refractivity contribution >= 4 is 27.5 Å². The average Bonchev–Trinajstić information content (AvgIpc) is 3.12. The molecular formula is C13H17ClN2O3S. The minimum atomic E-state index is -3.58. The quantitative estimate of drug-likeness (QED) is 0.779. The van der Waals surface area contributed by atoms with Crippen LogP contribution in [0, 0.1) is 11.8 Å². The van der Waals surface area contributed by atoms with Crippen molar-refractivity contribution in [3.8, 4) is 0 Å². The molecule has 20 heavy (non-hydrogen) atoms. The Balaban J connectivity index is 1.79. The topological polar surface area (TPSA) is 75.3 Å². The van der Waals surface area contributed by atoms with Crippen LogP contribution in [0.1, 0.15) is 13.3 Å². The van der Waals surface area contributed by atoms with Gasteiger partial charge in [0.1, 0.15) is 0 Å². The zero-order valence-electron chi connectivity index (χ0n) is 11.1. The highest BCUT2D eigenvalue weighted by Gasteiger charge is 2.38. The lowest BCUT2D eigenvalue weighted by atomic mass is 10.3. The number of carbonyl (C=O) groups is 1. The summed E-state index contributed by atoms with van der Waals surface area (Å²) in [5.41, 5.74) is 0. The molecule has 1 aliphatic rings. The summed E-state index contributed by atoms with van der Waals surface area (Å²) < 4.78 is 26.3. The minimum absolute atomic E-state index is 0.000506. The molecule has 1 saturated carbocycles. The molecule has 5 nitrogen and oxygen atoms in total. The third-order valence-corrected chi connectivity index (χ3v) is 4.96. The van der Waals surface area contributed by atoms with Gasteiger partial charge in [0.25, 0.3) is 0 Å². The van der Waals surface area contributed by atoms with Crippen molar-refractivity contribution in [1.29, 1.82) is 0 Å². The second kappa shape index (κ2) is 6.11. The lowest BCUT2D eigenvalue weighted by molar-refractivity contribution is -0.122. The molecule has 1 aromatic carbocycles. The van der Waals surface area contributed by atoms with Crippen molar-refractivity contribution in [2.75, 3.05) is 13.1 Å². The Morgan fingerprint density at radius 1 is 1.40 bits per heavy atom. The number of carbonyl (C=O) groups excluding carboxylic acids is 1. The maximum absolute atomic E-state index is 11.9. The number of halogens is 1. The van der Waals surface area contributed by atoms with E-state index in [1.54, 1.807) is 12.1 Å². The SMILES string of the molecule is CC1CC1C(=O)NCCNS(=O)(=O)c1cccc(Cl)c1. The van der Waals surface area contributed by atoms with Crippen molar-refractivity contribution in [3.63, 3.8) is 0 Å². The van der Waals surface area contributed by atoms with Gasteiger partial charge in [-0.1, -0.05) is 24.6 Å². The first kappa shape index (κ1) is 15.3. The Morgan fingerprint density at radius 2 is 2.10 bits per heavy atom. The molecule has 0 bridgehead atoms. The van der Waals surface area contributed by atoms with E-state index in [2.05, 4.69) is 10.0 Å². The Bertz CT molecular complexity index is 603. The van der Waals surface area contributed by atoms with Crippen LogP contribution in [0.4, 0.5) is 0 Å². The van der Waals surface area contributed by atoms with Crippen molar-refractivity contribution < 1.29 is 13.2 Å². The van der Waals surface area contributed by atoms with Crippen LogP contribution in [0.2, 0.25) is 5.02 Å². The maximum Gasteiger partial charge on any atom is 0.240 e. The largest absolute Gasteiger partial charge is 0.355 e. The summed E-state index contributed by atoms with van der Waals surface area (Å²) in [6.07, 6.45) is 0.917. The summed E-state index contributed by atoms with van der Waals surface area (Å²) in [6, 6.07) is 6.04. The van der Waals surface area contributed by atoms with Crippen LogP contribution in [0.5, 0.6) is 0 Å². The van der Waals surface area contributed by atoms with Crippen molar-refractivity contribution in [2.24, 2.45) is 11.8 Å². The van der Waals surface area contributed by atoms with Crippen LogP contribution in [0.15, 0.2) is 29.2 Å². The van der Waals surface area contributed by atoms with E-state index >= 15 is 0 Å². The molecule has 0 aliphatic heterocycles. The fourth-order valence-electron chi connectivity index (χ4n) is 1.91. The molecule has 2 atom stereocenters. The second-order valence-corrected chi connectivity index (χ2v) is 7.17. The van der Waals surface area contributed by atoms with Gasteiger partial charge in [-0.3, -0.25) is 4.79 Å². The molecule has 1 aromatic rings. The van der Waals surface area contributed by atoms with Gasteiger partial charge in [0.15, 0.2) is 0 Å². The summed E-state index contributed by atoms with van der Waals surface area (Å²) in [5.74, 6) is 0.539. The molecule has 0 radical (unpaired) electrons. The fraction of sp³-hybridized carbons (Fsp3) is 0.462. The van der Waals surface area contributed by atoms with Crippen LogP contribution in [-0.2, 0) is 14.8 Å². The van der Waals surface area contributed by atoms with Crippen molar-refractivity contribution in [2.45, 2.75) is 18.2 Å². The van der Waals surface area contributed by atoms with Gasteiger partial charge in [-0.25, -0.2) is 13.1 Å². The number of sulfonamides is 1. The van der Waals surface area contributed by atoms with Gasteiger partial charge in [-0.2, -0.15) is 0 Å². The van der Waals surface area contributed by atoms with Gasteiger partial charge in [0, 0.05) is 24.0 Å². The third kappa shape index (κ3) is 3.94. The van der Waals surface area contributed by atoms with E-state index in [1.807, 2.05) is 6.92 Å². The van der Waals surface area contributed by atoms with Crippen LogP contribution in [0.3, 0.4) is 0 Å². The van der Waals surface area contributed by atoms with E-state index in [-0.39, 0.29) is 29.8 Å². The zero-order valence-corrected chi connectivity index (χ0v) is 12.7. The Labute approximate surface area is 123 Å². The second-order valence-electron chi connectivity index (χ2n) is 4.97. The normalized spacial score (nSPS) is 21.5. The number of benzene rings is 1. The maximum atomic E-state index is 11.9. The number of hydrogen-bond donors (Lipinski definition) is 2. The molecule has 1 fully saturated rings. The third-order valence-electron chi connectivity index (χ3n) is 3.27. The predicted octanol–water partition coefficient (Wildman–Crippen LogP) is 1.39. The Hall–Kier alpha value is -1.11. The molecule has 0 heterocycles. The summed E-state index contributed by atoms with van der Waals surface area (Å²) in [6.45, 7) is 2.45. The predicted molar refractivity (Wildman–Crippen MR) is 76.9 cm³/mol. The number of rotatable bonds is 6. The fourth-order valence-corrected chi connectivity index (χ4v) is 3.24. The first-order valence-corrected chi connectivity index (χ1v) is 8.29. The molecule has 2 rings (SSSR count). The van der Waals surface area contributed by atoms with Gasteiger partial charge in [0.2, 0.25) is 15.9 Å². The molecule has 0 spiro atoms. The number of nitrogens with one attached hydrogen (secondary N) is 2. The van der Waals surface area contributed by atoms with Gasteiger partial charge in [0.05, 0.1) is 4.90 Å². The van der Waals surface area contributed by atoms with Crippen LogP contribution >= 0.6 is 11.6 Å². The lowest BCUT2D eigenvalue weighted by Crippen LogP contribution is -2.35. The number of hydrogen-bond acceptors (Lipinski definition) is 3. The summed E-state index contributed by atoms with van der Waals surface area (Å²) >= 11 is 5.76. The van der Waals surface area contributed by atoms with Crippen molar-refractivity contribution in [1.82, 2.24) is 10.0 Å². The monoisotopic (exact) mass is 316 g/mol. The van der Waals surface area contributed by atoms with Gasteiger partial charge in [-0.05, 0) is 30.5 Å². The minimum Gasteiger partial charge on any atom is -0.355 e. The highest BCUT2D eigenvalue weighted by atomic mass is 35.5. The summed E-state index contributed by atoms with van der Waals surface area (Å²) in [4.78, 5) is 11.7. The van der Waals surface area contributed by atoms with Gasteiger partial charge < -0.3 is 5.32 Å². The standard InChI is InChI=1S/C13H17ClN2O3S/c1-9-7-12(9)13(17)15-5-6-16-20(18,19)11-4-2-3-10(14)8-11/h2-4,8-9,12,16H,5-7H2,1H3,(H,15,17). The molecule has 1 amide bonds. The van der Waals surface area contributed by atoms with E-state index in [1.165, 1.54) is 12.1 Å². The highest BCUT2D eigenvalue weighted by Crippen LogP contribution is 2.37. The summed E-state index contributed by atoms with van der Waals surface area (Å²) in [5, 5.41) is 3.08. The van der Waals surface area contributed by atoms with Crippen LogP contribution in [-0.4, -0.2) is 27.4 Å². The van der Waals surface area contributed by atoms with E-state index in [4.69, 9.17) is 11.6 Å². The molecule has 1 aliphatic carbocycles. The van der Waals surface area contributed by atoms with E-state index in [0.29, 0.717) is 10.9 Å². The Morgan fingerprint density at radius 3 is 2.70 bits per heavy atom. The summed E-state index contributed by atoms with van der Waals surface area (Å²) in [7, 11) is -3.58. The first-order valence-electron chi connectivity index (χ1n) is 6.43. The lowest BCUT2D eigenvalue weighted by Gasteiger charge is -2.08. The van der Waals surface area contributed by atoms with Crippen LogP contribution in [0.25, 0.3) is 0 Å². The van der Waals surface area contributed by atoms with Gasteiger partial charge in [-0.15, -0.1) is 0 Å². The highest BCUT2D eigenvalue weighted by molar-refractivity contribution is 7.89. The van der Waals surface area contributed by atoms with E-state index in [9.17, 15) is 13.2 Å². The molecule has 110 valence electrons. The van der Waals surface area contributed by atoms with Gasteiger partial charge >= 0.3 is 0 Å². The number of amides is 1. The molecule has 0 saturated heterocycles. The zero-order chi connectivity index (χ0) is 14.8. The Kier molecular flexibility index (Phi) is 4.67. The van der Waals surface area contributed by atoms with Crippen molar-refractivity contribution in [3.05, 3.63) is 29.3 Å². The molecular weight excluding hydrogens is 300 g/mol. The van der Waals surface area contributed by atoms with E-state index in [0.717, 1.165) is 6.42 Å². The first-order chi connectivity index (χ1) is 9.40. The van der Waals surface area contributed by atoms with E-state index < -0.39 is 10.0 Å².